The van der Waals surface area contributed by atoms with Gasteiger partial charge in [-0.15, -0.1) is 0 Å². The third-order valence-corrected chi connectivity index (χ3v) is 2.37. The molecule has 0 spiro atoms. The monoisotopic (exact) mass is 297 g/mol. The molecule has 1 aromatic heterocycles. The highest BCUT2D eigenvalue weighted by molar-refractivity contribution is 5.83. The number of hydrazine groups is 1. The largest absolute Gasteiger partial charge is 0.461 e. The molecule has 9 nitrogen and oxygen atoms in total. The van der Waals surface area contributed by atoms with E-state index in [1.54, 1.807) is 6.92 Å². The zero-order chi connectivity index (χ0) is 15.8. The predicted octanol–water partition coefficient (Wildman–Crippen LogP) is 0.271. The van der Waals surface area contributed by atoms with E-state index in [0.29, 0.717) is 6.54 Å². The van der Waals surface area contributed by atoms with Gasteiger partial charge in [-0.1, -0.05) is 6.92 Å². The van der Waals surface area contributed by atoms with Gasteiger partial charge in [0.25, 0.3) is 0 Å². The van der Waals surface area contributed by atoms with Gasteiger partial charge in [0, 0.05) is 6.54 Å². The second-order valence-corrected chi connectivity index (χ2v) is 4.73. The number of nitrogens with zero attached hydrogens (tertiary/aromatic N) is 3. The van der Waals surface area contributed by atoms with Crippen molar-refractivity contribution in [2.75, 3.05) is 17.3 Å². The quantitative estimate of drug-likeness (QED) is 0.398. The van der Waals surface area contributed by atoms with Crippen LogP contribution in [0.25, 0.3) is 0 Å². The maximum absolute atomic E-state index is 11.8. The smallest absolute Gasteiger partial charge is 0.323 e. The summed E-state index contributed by atoms with van der Waals surface area (Å²) in [5, 5.41) is 5.67. The van der Waals surface area contributed by atoms with Gasteiger partial charge in [0.2, 0.25) is 17.8 Å². The molecular weight excluding hydrogens is 274 g/mol. The molecule has 0 saturated heterocycles. The fraction of sp³-hybridized carbons (Fsp3) is 0.667. The highest BCUT2D eigenvalue weighted by atomic mass is 16.5. The fourth-order valence-electron chi connectivity index (χ4n) is 1.41. The van der Waals surface area contributed by atoms with E-state index >= 15 is 0 Å². The number of amides is 1. The van der Waals surface area contributed by atoms with E-state index in [9.17, 15) is 4.79 Å². The first-order valence-corrected chi connectivity index (χ1v) is 6.89. The van der Waals surface area contributed by atoms with Crippen molar-refractivity contribution in [2.45, 2.75) is 46.3 Å². The molecule has 21 heavy (non-hydrogen) atoms. The summed E-state index contributed by atoms with van der Waals surface area (Å²) in [6, 6.07) is -0.354. The Labute approximate surface area is 124 Å². The Morgan fingerprint density at radius 2 is 1.90 bits per heavy atom. The molecule has 1 heterocycles. The van der Waals surface area contributed by atoms with Crippen LogP contribution in [0.15, 0.2) is 0 Å². The summed E-state index contributed by atoms with van der Waals surface area (Å²) in [6.07, 6.45) is 0.786. The Hall–Kier alpha value is -2.16. The van der Waals surface area contributed by atoms with Crippen LogP contribution >= 0.6 is 0 Å². The lowest BCUT2D eigenvalue weighted by Gasteiger charge is -2.15. The van der Waals surface area contributed by atoms with Crippen molar-refractivity contribution in [3.05, 3.63) is 0 Å². The van der Waals surface area contributed by atoms with E-state index in [2.05, 4.69) is 31.0 Å². The number of nitrogens with one attached hydrogen (secondary N) is 3. The summed E-state index contributed by atoms with van der Waals surface area (Å²) in [5.74, 6) is 5.55. The normalized spacial score (nSPS) is 11.9. The van der Waals surface area contributed by atoms with Crippen LogP contribution in [-0.2, 0) is 4.79 Å². The lowest BCUT2D eigenvalue weighted by Crippen LogP contribution is -2.38. The molecule has 0 aliphatic heterocycles. The second-order valence-electron chi connectivity index (χ2n) is 4.73. The van der Waals surface area contributed by atoms with Gasteiger partial charge in [0.1, 0.15) is 6.04 Å². The third-order valence-electron chi connectivity index (χ3n) is 2.37. The van der Waals surface area contributed by atoms with E-state index in [1.807, 2.05) is 20.8 Å². The lowest BCUT2D eigenvalue weighted by atomic mass is 10.3. The van der Waals surface area contributed by atoms with Crippen LogP contribution < -0.4 is 26.6 Å². The van der Waals surface area contributed by atoms with Crippen molar-refractivity contribution >= 4 is 17.8 Å². The molecule has 0 saturated carbocycles. The Morgan fingerprint density at radius 1 is 1.24 bits per heavy atom. The van der Waals surface area contributed by atoms with Gasteiger partial charge in [-0.2, -0.15) is 15.0 Å². The number of aromatic nitrogens is 3. The molecule has 0 fully saturated rings. The van der Waals surface area contributed by atoms with Crippen LogP contribution in [0.3, 0.4) is 0 Å². The summed E-state index contributed by atoms with van der Waals surface area (Å²) >= 11 is 0. The average molecular weight is 297 g/mol. The Bertz CT molecular complexity index is 467. The highest BCUT2D eigenvalue weighted by Gasteiger charge is 2.15. The van der Waals surface area contributed by atoms with Gasteiger partial charge in [-0.25, -0.2) is 5.84 Å². The summed E-state index contributed by atoms with van der Waals surface area (Å²) in [4.78, 5) is 23.9. The minimum absolute atomic E-state index is 0.0869. The van der Waals surface area contributed by atoms with Gasteiger partial charge in [-0.3, -0.25) is 10.2 Å². The van der Waals surface area contributed by atoms with Gasteiger partial charge in [-0.05, 0) is 27.2 Å². The Morgan fingerprint density at radius 3 is 2.48 bits per heavy atom. The second kappa shape index (κ2) is 8.20. The number of nitrogen functional groups attached to an aromatic ring is 1. The molecule has 5 N–H and O–H groups in total. The number of anilines is 2. The molecule has 1 amide bonds. The van der Waals surface area contributed by atoms with E-state index in [0.717, 1.165) is 6.42 Å². The van der Waals surface area contributed by atoms with E-state index in [4.69, 9.17) is 10.6 Å². The number of rotatable bonds is 8. The van der Waals surface area contributed by atoms with Crippen molar-refractivity contribution in [3.63, 3.8) is 0 Å². The average Bonchev–Trinajstić information content (AvgIpc) is 2.43. The zero-order valence-corrected chi connectivity index (χ0v) is 12.8. The molecule has 0 aromatic carbocycles. The molecule has 1 rings (SSSR count). The Kier molecular flexibility index (Phi) is 6.60. The van der Waals surface area contributed by atoms with Crippen LogP contribution in [0.4, 0.5) is 11.9 Å². The fourth-order valence-corrected chi connectivity index (χ4v) is 1.41. The van der Waals surface area contributed by atoms with Crippen molar-refractivity contribution in [3.8, 4) is 6.01 Å². The van der Waals surface area contributed by atoms with Gasteiger partial charge in [0.05, 0.1) is 6.10 Å². The molecular formula is C12H23N7O2. The number of carbonyl (C=O) groups excluding carboxylic acids is 1. The molecule has 1 aromatic rings. The standard InChI is InChI=1S/C12H23N7O2/c1-5-6-14-9(20)8(4)15-10-16-11(19-13)18-12(17-10)21-7(2)3/h7-8H,5-6,13H2,1-4H3,(H,14,20)(H2,15,16,17,18,19). The summed E-state index contributed by atoms with van der Waals surface area (Å²) in [5.41, 5.74) is 2.33. The zero-order valence-electron chi connectivity index (χ0n) is 12.8. The number of carbonyl (C=O) groups is 1. The predicted molar refractivity (Wildman–Crippen MR) is 79.8 cm³/mol. The number of hydrogen-bond acceptors (Lipinski definition) is 8. The first kappa shape index (κ1) is 16.9. The van der Waals surface area contributed by atoms with Crippen molar-refractivity contribution in [2.24, 2.45) is 5.84 Å². The SMILES string of the molecule is CCCNC(=O)C(C)Nc1nc(NN)nc(OC(C)C)n1. The van der Waals surface area contributed by atoms with Crippen LogP contribution in [-0.4, -0.2) is 39.5 Å². The van der Waals surface area contributed by atoms with Crippen molar-refractivity contribution in [1.82, 2.24) is 20.3 Å². The van der Waals surface area contributed by atoms with Gasteiger partial charge >= 0.3 is 6.01 Å². The molecule has 0 aliphatic rings. The van der Waals surface area contributed by atoms with Gasteiger partial charge in [0.15, 0.2) is 0 Å². The van der Waals surface area contributed by atoms with Crippen LogP contribution in [0, 0.1) is 0 Å². The molecule has 0 aliphatic carbocycles. The first-order valence-electron chi connectivity index (χ1n) is 6.89. The number of hydrogen-bond donors (Lipinski definition) is 4. The van der Waals surface area contributed by atoms with Crippen molar-refractivity contribution in [1.29, 1.82) is 0 Å². The van der Waals surface area contributed by atoms with E-state index in [1.165, 1.54) is 0 Å². The molecule has 118 valence electrons. The summed E-state index contributed by atoms with van der Waals surface area (Å²) in [6.45, 7) is 8.03. The molecule has 1 unspecified atom stereocenters. The minimum Gasteiger partial charge on any atom is -0.461 e. The van der Waals surface area contributed by atoms with Gasteiger partial charge < -0.3 is 15.4 Å². The maximum Gasteiger partial charge on any atom is 0.323 e. The molecule has 0 radical (unpaired) electrons. The molecule has 9 heteroatoms. The van der Waals surface area contributed by atoms with E-state index in [-0.39, 0.29) is 29.9 Å². The Balaban J connectivity index is 2.79. The number of ether oxygens (including phenoxy) is 1. The first-order chi connectivity index (χ1) is 9.96. The molecule has 0 bridgehead atoms. The lowest BCUT2D eigenvalue weighted by molar-refractivity contribution is -0.121. The number of nitrogens with two attached hydrogens (primary N) is 1. The van der Waals surface area contributed by atoms with Crippen molar-refractivity contribution < 1.29 is 9.53 Å². The van der Waals surface area contributed by atoms with Crippen LogP contribution in [0.5, 0.6) is 6.01 Å². The highest BCUT2D eigenvalue weighted by Crippen LogP contribution is 2.12. The van der Waals surface area contributed by atoms with Crippen LogP contribution in [0.1, 0.15) is 34.1 Å². The summed E-state index contributed by atoms with van der Waals surface area (Å²) in [7, 11) is 0. The molecule has 1 atom stereocenters. The van der Waals surface area contributed by atoms with Crippen LogP contribution in [0.2, 0.25) is 0 Å². The van der Waals surface area contributed by atoms with E-state index < -0.39 is 6.04 Å². The topological polar surface area (TPSA) is 127 Å². The summed E-state index contributed by atoms with van der Waals surface area (Å²) < 4.78 is 5.41. The minimum atomic E-state index is -0.489. The maximum atomic E-state index is 11.8. The third kappa shape index (κ3) is 5.78.